The van der Waals surface area contributed by atoms with Crippen LogP contribution in [0.1, 0.15) is 30.9 Å². The Labute approximate surface area is 112 Å². The summed E-state index contributed by atoms with van der Waals surface area (Å²) in [4.78, 5) is 18.0. The first-order valence-corrected chi connectivity index (χ1v) is 7.06. The summed E-state index contributed by atoms with van der Waals surface area (Å²) < 4.78 is 0. The monoisotopic (exact) mass is 262 g/mol. The molecule has 3 nitrogen and oxygen atoms in total. The van der Waals surface area contributed by atoms with Gasteiger partial charge in [-0.1, -0.05) is 37.7 Å². The second-order valence-electron chi connectivity index (χ2n) is 4.74. The van der Waals surface area contributed by atoms with Gasteiger partial charge >= 0.3 is 0 Å². The minimum Gasteiger partial charge on any atom is -0.273 e. The highest BCUT2D eigenvalue weighted by Gasteiger charge is 2.31. The molecule has 0 aromatic heterocycles. The van der Waals surface area contributed by atoms with Gasteiger partial charge in [-0.05, 0) is 30.0 Å². The number of amides is 1. The lowest BCUT2D eigenvalue weighted by atomic mass is 9.99. The molecule has 0 radical (unpaired) electrons. The van der Waals surface area contributed by atoms with Crippen LogP contribution in [0.2, 0.25) is 0 Å². The second-order valence-corrected chi connectivity index (χ2v) is 5.68. The molecule has 2 rings (SSSR count). The number of carbonyl (C=O) groups is 1. The lowest BCUT2D eigenvalue weighted by Gasteiger charge is -2.22. The Morgan fingerprint density at radius 3 is 2.72 bits per heavy atom. The van der Waals surface area contributed by atoms with E-state index in [1.807, 2.05) is 6.92 Å². The molecule has 0 unspecified atom stereocenters. The first-order chi connectivity index (χ1) is 8.54. The maximum atomic E-state index is 12.1. The number of benzene rings is 1. The van der Waals surface area contributed by atoms with Crippen LogP contribution in [0, 0.1) is 6.92 Å². The largest absolute Gasteiger partial charge is 0.273 e. The van der Waals surface area contributed by atoms with E-state index in [-0.39, 0.29) is 5.91 Å². The Morgan fingerprint density at radius 1 is 1.39 bits per heavy atom. The number of nitrogens with zero attached hydrogens (tertiary/aromatic N) is 2. The van der Waals surface area contributed by atoms with E-state index in [2.05, 4.69) is 37.0 Å². The van der Waals surface area contributed by atoms with Gasteiger partial charge < -0.3 is 0 Å². The molecule has 18 heavy (non-hydrogen) atoms. The maximum Gasteiger partial charge on any atom is 0.243 e. The molecule has 4 heteroatoms. The molecule has 1 amide bonds. The molecular weight excluding hydrogens is 244 g/mol. The quantitative estimate of drug-likeness (QED) is 0.820. The molecule has 1 aliphatic heterocycles. The van der Waals surface area contributed by atoms with Gasteiger partial charge in [0.1, 0.15) is 0 Å². The first-order valence-electron chi connectivity index (χ1n) is 6.07. The van der Waals surface area contributed by atoms with Gasteiger partial charge in [-0.2, -0.15) is 0 Å². The summed E-state index contributed by atoms with van der Waals surface area (Å²) in [6, 6.07) is 6.28. The number of amidine groups is 1. The van der Waals surface area contributed by atoms with Crippen molar-refractivity contribution in [3.8, 4) is 0 Å². The highest BCUT2D eigenvalue weighted by Crippen LogP contribution is 2.33. The molecule has 0 bridgehead atoms. The van der Waals surface area contributed by atoms with Crippen LogP contribution in [0.5, 0.6) is 0 Å². The number of thioether (sulfide) groups is 1. The van der Waals surface area contributed by atoms with E-state index in [0.29, 0.717) is 11.7 Å². The standard InChI is InChI=1S/C14H18N2OS/c1-9(2)11-6-5-10(3)7-12(11)16-13(17)8-18-14(16)15-4/h5-7,9H,8H2,1-4H3. The van der Waals surface area contributed by atoms with Crippen LogP contribution in [0.4, 0.5) is 5.69 Å². The average molecular weight is 262 g/mol. The van der Waals surface area contributed by atoms with Gasteiger partial charge in [0.15, 0.2) is 5.17 Å². The van der Waals surface area contributed by atoms with Crippen LogP contribution in [-0.4, -0.2) is 23.9 Å². The van der Waals surface area contributed by atoms with Gasteiger partial charge in [-0.25, -0.2) is 0 Å². The number of rotatable bonds is 2. The summed E-state index contributed by atoms with van der Waals surface area (Å²) in [6.45, 7) is 6.33. The van der Waals surface area contributed by atoms with E-state index in [0.717, 1.165) is 16.4 Å². The SMILES string of the molecule is CN=C1SCC(=O)N1c1cc(C)ccc1C(C)C. The van der Waals surface area contributed by atoms with Gasteiger partial charge in [0.2, 0.25) is 5.91 Å². The van der Waals surface area contributed by atoms with E-state index in [1.165, 1.54) is 17.3 Å². The number of anilines is 1. The molecule has 0 atom stereocenters. The number of aliphatic imine (C=N–C) groups is 1. The Morgan fingerprint density at radius 2 is 2.11 bits per heavy atom. The summed E-state index contributed by atoms with van der Waals surface area (Å²) in [6.07, 6.45) is 0. The van der Waals surface area contributed by atoms with Crippen molar-refractivity contribution >= 4 is 28.5 Å². The Hall–Kier alpha value is -1.29. The van der Waals surface area contributed by atoms with E-state index < -0.39 is 0 Å². The fourth-order valence-electron chi connectivity index (χ4n) is 2.10. The van der Waals surface area contributed by atoms with Crippen molar-refractivity contribution in [1.29, 1.82) is 0 Å². The Kier molecular flexibility index (Phi) is 3.76. The smallest absolute Gasteiger partial charge is 0.243 e. The summed E-state index contributed by atoms with van der Waals surface area (Å²) >= 11 is 1.51. The Balaban J connectivity index is 2.55. The van der Waals surface area contributed by atoms with Crippen LogP contribution in [-0.2, 0) is 4.79 Å². The van der Waals surface area contributed by atoms with Crippen molar-refractivity contribution < 1.29 is 4.79 Å². The molecule has 0 aliphatic carbocycles. The molecule has 1 fully saturated rings. The van der Waals surface area contributed by atoms with Gasteiger partial charge in [0.25, 0.3) is 0 Å². The normalized spacial score (nSPS) is 18.2. The minimum absolute atomic E-state index is 0.119. The van der Waals surface area contributed by atoms with Gasteiger partial charge in [-0.15, -0.1) is 0 Å². The molecule has 1 aliphatic rings. The summed E-state index contributed by atoms with van der Waals surface area (Å²) in [7, 11) is 1.73. The molecule has 0 N–H and O–H groups in total. The number of aryl methyl sites for hydroxylation is 1. The van der Waals surface area contributed by atoms with E-state index in [4.69, 9.17) is 0 Å². The van der Waals surface area contributed by atoms with E-state index >= 15 is 0 Å². The summed E-state index contributed by atoms with van der Waals surface area (Å²) in [5, 5.41) is 0.799. The Bertz CT molecular complexity index is 509. The third-order valence-electron chi connectivity index (χ3n) is 3.01. The van der Waals surface area contributed by atoms with E-state index in [9.17, 15) is 4.79 Å². The van der Waals surface area contributed by atoms with Crippen molar-refractivity contribution in [2.45, 2.75) is 26.7 Å². The number of hydrogen-bond donors (Lipinski definition) is 0. The maximum absolute atomic E-state index is 12.1. The van der Waals surface area contributed by atoms with Crippen molar-refractivity contribution in [2.24, 2.45) is 4.99 Å². The molecule has 1 saturated heterocycles. The predicted molar refractivity (Wildman–Crippen MR) is 78.6 cm³/mol. The van der Waals surface area contributed by atoms with Crippen LogP contribution >= 0.6 is 11.8 Å². The second kappa shape index (κ2) is 5.14. The topological polar surface area (TPSA) is 32.7 Å². The predicted octanol–water partition coefficient (Wildman–Crippen LogP) is 3.18. The number of carbonyl (C=O) groups excluding carboxylic acids is 1. The lowest BCUT2D eigenvalue weighted by Crippen LogP contribution is -2.30. The van der Waals surface area contributed by atoms with E-state index in [1.54, 1.807) is 11.9 Å². The minimum atomic E-state index is 0.119. The molecule has 0 spiro atoms. The van der Waals surface area contributed by atoms with Crippen LogP contribution in [0.15, 0.2) is 23.2 Å². The third-order valence-corrected chi connectivity index (χ3v) is 4.02. The zero-order valence-electron chi connectivity index (χ0n) is 11.2. The highest BCUT2D eigenvalue weighted by molar-refractivity contribution is 8.15. The van der Waals surface area contributed by atoms with Crippen molar-refractivity contribution in [3.05, 3.63) is 29.3 Å². The third kappa shape index (κ3) is 2.29. The van der Waals surface area contributed by atoms with Crippen LogP contribution < -0.4 is 4.90 Å². The fraction of sp³-hybridized carbons (Fsp3) is 0.429. The van der Waals surface area contributed by atoms with Crippen molar-refractivity contribution in [1.82, 2.24) is 0 Å². The van der Waals surface area contributed by atoms with Crippen molar-refractivity contribution in [3.63, 3.8) is 0 Å². The number of hydrogen-bond acceptors (Lipinski definition) is 3. The van der Waals surface area contributed by atoms with Gasteiger partial charge in [-0.3, -0.25) is 14.7 Å². The molecule has 1 aromatic rings. The van der Waals surface area contributed by atoms with Crippen molar-refractivity contribution in [2.75, 3.05) is 17.7 Å². The molecular formula is C14H18N2OS. The highest BCUT2D eigenvalue weighted by atomic mass is 32.2. The fourth-order valence-corrected chi connectivity index (χ4v) is 2.94. The zero-order valence-corrected chi connectivity index (χ0v) is 12.0. The van der Waals surface area contributed by atoms with Gasteiger partial charge in [0, 0.05) is 7.05 Å². The molecule has 0 saturated carbocycles. The summed E-state index contributed by atoms with van der Waals surface area (Å²) in [5.41, 5.74) is 3.34. The molecule has 1 aromatic carbocycles. The summed E-state index contributed by atoms with van der Waals surface area (Å²) in [5.74, 6) is 0.989. The van der Waals surface area contributed by atoms with Gasteiger partial charge in [0.05, 0.1) is 11.4 Å². The molecule has 96 valence electrons. The molecule has 1 heterocycles. The van der Waals surface area contributed by atoms with Crippen LogP contribution in [0.3, 0.4) is 0 Å². The zero-order chi connectivity index (χ0) is 13.3. The van der Waals surface area contributed by atoms with Crippen LogP contribution in [0.25, 0.3) is 0 Å². The average Bonchev–Trinajstić information content (AvgIpc) is 2.69. The lowest BCUT2D eigenvalue weighted by molar-refractivity contribution is -0.115. The first kappa shape index (κ1) is 13.1.